The third-order valence-corrected chi connectivity index (χ3v) is 5.61. The first-order chi connectivity index (χ1) is 15.8. The molecule has 0 unspecified atom stereocenters. The van der Waals surface area contributed by atoms with E-state index in [1.165, 1.54) is 11.8 Å². The highest BCUT2D eigenvalue weighted by molar-refractivity contribution is 7.99. The number of anilines is 1. The first kappa shape index (κ1) is 20.0. The van der Waals surface area contributed by atoms with Crippen molar-refractivity contribution in [2.75, 3.05) is 11.1 Å². The quantitative estimate of drug-likeness (QED) is 0.325. The molecule has 0 aliphatic rings. The Morgan fingerprint density at radius 3 is 2.34 bits per heavy atom. The molecule has 1 N–H and O–H groups in total. The molecule has 32 heavy (non-hydrogen) atoms. The Morgan fingerprint density at radius 2 is 1.59 bits per heavy atom. The highest BCUT2D eigenvalue weighted by Gasteiger charge is 2.18. The molecule has 0 atom stereocenters. The van der Waals surface area contributed by atoms with Crippen molar-refractivity contribution in [1.29, 1.82) is 0 Å². The molecule has 2 aromatic carbocycles. The maximum atomic E-state index is 12.4. The smallest absolute Gasteiger partial charge is 0.225 e. The molecule has 8 heteroatoms. The van der Waals surface area contributed by atoms with Crippen LogP contribution < -0.4 is 5.32 Å². The summed E-state index contributed by atoms with van der Waals surface area (Å²) in [6.07, 6.45) is 3.46. The van der Waals surface area contributed by atoms with Gasteiger partial charge in [-0.3, -0.25) is 4.79 Å². The Labute approximate surface area is 187 Å². The van der Waals surface area contributed by atoms with E-state index < -0.39 is 0 Å². The standard InChI is InChI=1S/C24H18N4O3S/c29-21(25-18-10-9-16-5-1-2-6-17(16)15-18)11-14-32-24-26-22(19-7-3-12-30-19)23(27-28-24)20-8-4-13-31-20/h1-10,12-13,15H,11,14H2,(H,25,29). The largest absolute Gasteiger partial charge is 0.463 e. The zero-order valence-corrected chi connectivity index (χ0v) is 17.7. The second-order valence-corrected chi connectivity index (χ2v) is 8.02. The van der Waals surface area contributed by atoms with E-state index in [9.17, 15) is 4.79 Å². The van der Waals surface area contributed by atoms with Crippen LogP contribution in [0.3, 0.4) is 0 Å². The van der Waals surface area contributed by atoms with E-state index in [-0.39, 0.29) is 5.91 Å². The third-order valence-electron chi connectivity index (χ3n) is 4.77. The fourth-order valence-corrected chi connectivity index (χ4v) is 3.99. The van der Waals surface area contributed by atoms with Crippen LogP contribution in [0.1, 0.15) is 6.42 Å². The van der Waals surface area contributed by atoms with Crippen LogP contribution in [0.15, 0.2) is 93.2 Å². The van der Waals surface area contributed by atoms with Crippen molar-refractivity contribution < 1.29 is 13.6 Å². The lowest BCUT2D eigenvalue weighted by Gasteiger charge is -2.07. The number of aromatic nitrogens is 3. The Bertz CT molecular complexity index is 1350. The van der Waals surface area contributed by atoms with Gasteiger partial charge in [0.25, 0.3) is 0 Å². The molecule has 1 amide bonds. The molecule has 0 bridgehead atoms. The number of carbonyl (C=O) groups is 1. The minimum atomic E-state index is -0.0702. The number of carbonyl (C=O) groups excluding carboxylic acids is 1. The summed E-state index contributed by atoms with van der Waals surface area (Å²) < 4.78 is 11.0. The molecule has 0 saturated carbocycles. The molecule has 0 saturated heterocycles. The number of nitrogens with zero attached hydrogens (tertiary/aromatic N) is 3. The molecule has 3 aromatic heterocycles. The van der Waals surface area contributed by atoms with Crippen molar-refractivity contribution in [2.45, 2.75) is 11.6 Å². The monoisotopic (exact) mass is 442 g/mol. The van der Waals surface area contributed by atoms with Crippen LogP contribution in [0.2, 0.25) is 0 Å². The number of thioether (sulfide) groups is 1. The van der Waals surface area contributed by atoms with Gasteiger partial charge >= 0.3 is 0 Å². The number of furan rings is 2. The predicted octanol–water partition coefficient (Wildman–Crippen LogP) is 5.67. The lowest BCUT2D eigenvalue weighted by Crippen LogP contribution is -2.12. The van der Waals surface area contributed by atoms with Gasteiger partial charge in [-0.1, -0.05) is 42.1 Å². The van der Waals surface area contributed by atoms with E-state index in [0.29, 0.717) is 40.2 Å². The van der Waals surface area contributed by atoms with Gasteiger partial charge in [0.1, 0.15) is 5.69 Å². The summed E-state index contributed by atoms with van der Waals surface area (Å²) in [6.45, 7) is 0. The van der Waals surface area contributed by atoms with Gasteiger partial charge < -0.3 is 14.2 Å². The fourth-order valence-electron chi connectivity index (χ4n) is 3.26. The van der Waals surface area contributed by atoms with E-state index in [1.54, 1.807) is 30.7 Å². The van der Waals surface area contributed by atoms with E-state index in [1.807, 2.05) is 48.5 Å². The van der Waals surface area contributed by atoms with Gasteiger partial charge in [-0.05, 0) is 47.2 Å². The maximum absolute atomic E-state index is 12.4. The predicted molar refractivity (Wildman–Crippen MR) is 123 cm³/mol. The van der Waals surface area contributed by atoms with Crippen LogP contribution in [0, 0.1) is 0 Å². The topological polar surface area (TPSA) is 94.0 Å². The van der Waals surface area contributed by atoms with Crippen LogP contribution in [0.4, 0.5) is 5.69 Å². The van der Waals surface area contributed by atoms with Crippen molar-refractivity contribution in [3.8, 4) is 22.9 Å². The molecule has 7 nitrogen and oxygen atoms in total. The first-order valence-corrected chi connectivity index (χ1v) is 11.0. The van der Waals surface area contributed by atoms with Gasteiger partial charge in [0.2, 0.25) is 11.1 Å². The van der Waals surface area contributed by atoms with Crippen LogP contribution in [-0.4, -0.2) is 26.8 Å². The van der Waals surface area contributed by atoms with Crippen molar-refractivity contribution in [1.82, 2.24) is 15.2 Å². The van der Waals surface area contributed by atoms with Crippen LogP contribution in [0.25, 0.3) is 33.7 Å². The number of benzene rings is 2. The van der Waals surface area contributed by atoms with E-state index in [2.05, 4.69) is 20.5 Å². The second kappa shape index (κ2) is 9.07. The van der Waals surface area contributed by atoms with Crippen molar-refractivity contribution in [2.24, 2.45) is 0 Å². The zero-order chi connectivity index (χ0) is 21.8. The average Bonchev–Trinajstić information content (AvgIpc) is 3.53. The highest BCUT2D eigenvalue weighted by Crippen LogP contribution is 2.30. The zero-order valence-electron chi connectivity index (χ0n) is 16.9. The Kier molecular flexibility index (Phi) is 5.67. The molecule has 5 aromatic rings. The number of rotatable bonds is 7. The molecule has 0 fully saturated rings. The van der Waals surface area contributed by atoms with Crippen LogP contribution >= 0.6 is 11.8 Å². The molecule has 158 valence electrons. The molecule has 0 aliphatic heterocycles. The molecule has 0 aliphatic carbocycles. The molecule has 0 radical (unpaired) electrons. The Morgan fingerprint density at radius 1 is 0.844 bits per heavy atom. The molecular formula is C24H18N4O3S. The summed E-state index contributed by atoms with van der Waals surface area (Å²) in [5.41, 5.74) is 1.82. The van der Waals surface area contributed by atoms with Gasteiger partial charge in [-0.25, -0.2) is 4.98 Å². The normalized spacial score (nSPS) is 11.0. The number of amides is 1. The molecular weight excluding hydrogens is 424 g/mol. The number of hydrogen-bond donors (Lipinski definition) is 1. The second-order valence-electron chi connectivity index (χ2n) is 6.95. The molecule has 5 rings (SSSR count). The van der Waals surface area contributed by atoms with Gasteiger partial charge in [-0.15, -0.1) is 10.2 Å². The van der Waals surface area contributed by atoms with Gasteiger partial charge in [0.05, 0.1) is 12.5 Å². The van der Waals surface area contributed by atoms with E-state index >= 15 is 0 Å². The number of fused-ring (bicyclic) bond motifs is 1. The lowest BCUT2D eigenvalue weighted by molar-refractivity contribution is -0.115. The van der Waals surface area contributed by atoms with Crippen molar-refractivity contribution >= 4 is 34.1 Å². The van der Waals surface area contributed by atoms with Crippen molar-refractivity contribution in [3.63, 3.8) is 0 Å². The SMILES string of the molecule is O=C(CCSc1nnc(-c2ccco2)c(-c2ccco2)n1)Nc1ccc2ccccc2c1. The Balaban J connectivity index is 1.24. The van der Waals surface area contributed by atoms with Crippen molar-refractivity contribution in [3.05, 3.63) is 79.3 Å². The summed E-state index contributed by atoms with van der Waals surface area (Å²) in [6, 6.07) is 21.1. The van der Waals surface area contributed by atoms with Gasteiger partial charge in [0, 0.05) is 17.9 Å². The van der Waals surface area contributed by atoms with Crippen LogP contribution in [0.5, 0.6) is 0 Å². The first-order valence-electron chi connectivity index (χ1n) is 10.0. The summed E-state index contributed by atoms with van der Waals surface area (Å²) in [5.74, 6) is 1.57. The fraction of sp³-hybridized carbons (Fsp3) is 0.0833. The van der Waals surface area contributed by atoms with E-state index in [0.717, 1.165) is 16.5 Å². The highest BCUT2D eigenvalue weighted by atomic mass is 32.2. The minimum Gasteiger partial charge on any atom is -0.463 e. The summed E-state index contributed by atoms with van der Waals surface area (Å²) >= 11 is 1.36. The van der Waals surface area contributed by atoms with E-state index in [4.69, 9.17) is 8.83 Å². The van der Waals surface area contributed by atoms with Gasteiger partial charge in [0.15, 0.2) is 17.2 Å². The summed E-state index contributed by atoms with van der Waals surface area (Å²) in [4.78, 5) is 17.0. The summed E-state index contributed by atoms with van der Waals surface area (Å²) in [5, 5.41) is 14.1. The summed E-state index contributed by atoms with van der Waals surface area (Å²) in [7, 11) is 0. The van der Waals surface area contributed by atoms with Gasteiger partial charge in [-0.2, -0.15) is 0 Å². The maximum Gasteiger partial charge on any atom is 0.225 e. The average molecular weight is 443 g/mol. The number of hydrogen-bond acceptors (Lipinski definition) is 7. The minimum absolute atomic E-state index is 0.0702. The van der Waals surface area contributed by atoms with Crippen LogP contribution in [-0.2, 0) is 4.79 Å². The molecule has 3 heterocycles. The Hall–Kier alpha value is -3.91. The third kappa shape index (κ3) is 4.40. The molecule has 0 spiro atoms. The lowest BCUT2D eigenvalue weighted by atomic mass is 10.1. The number of nitrogens with one attached hydrogen (secondary N) is 1.